The number of rotatable bonds is 6. The first kappa shape index (κ1) is 21.2. The molecular formula is C20H22FIN2O3S. The number of hydrogen-bond donors (Lipinski definition) is 1. The maximum Gasteiger partial charge on any atom is 0.243 e. The minimum atomic E-state index is -3.91. The maximum atomic E-state index is 13.2. The predicted octanol–water partition coefficient (Wildman–Crippen LogP) is 4.39. The summed E-state index contributed by atoms with van der Waals surface area (Å²) < 4.78 is 42.0. The van der Waals surface area contributed by atoms with Crippen molar-refractivity contribution in [1.29, 1.82) is 0 Å². The standard InChI is InChI=1S/C20H22FIN2O3S/c21-15-6-12-19(13-7-15)28(26,27)24(18-4-2-1-3-5-18)14-20(25)23-17-10-8-16(22)9-11-17/h6-13,18H,1-5,14H2,(H,23,25). The maximum absolute atomic E-state index is 13.2. The molecule has 2 aromatic rings. The minimum absolute atomic E-state index is 0.00142. The van der Waals surface area contributed by atoms with Gasteiger partial charge in [-0.25, -0.2) is 12.8 Å². The van der Waals surface area contributed by atoms with E-state index in [1.807, 2.05) is 12.1 Å². The lowest BCUT2D eigenvalue weighted by molar-refractivity contribution is -0.116. The van der Waals surface area contributed by atoms with E-state index in [0.717, 1.165) is 47.8 Å². The molecule has 0 atom stereocenters. The minimum Gasteiger partial charge on any atom is -0.325 e. The number of carbonyl (C=O) groups excluding carboxylic acids is 1. The van der Waals surface area contributed by atoms with E-state index in [2.05, 4.69) is 27.9 Å². The third-order valence-corrected chi connectivity index (χ3v) is 7.46. The topological polar surface area (TPSA) is 66.5 Å². The number of sulfonamides is 1. The van der Waals surface area contributed by atoms with Gasteiger partial charge in [-0.3, -0.25) is 4.79 Å². The van der Waals surface area contributed by atoms with E-state index >= 15 is 0 Å². The molecule has 150 valence electrons. The molecule has 28 heavy (non-hydrogen) atoms. The first-order valence-electron chi connectivity index (χ1n) is 9.19. The van der Waals surface area contributed by atoms with E-state index in [1.165, 1.54) is 16.4 Å². The van der Waals surface area contributed by atoms with Crippen molar-refractivity contribution in [2.75, 3.05) is 11.9 Å². The predicted molar refractivity (Wildman–Crippen MR) is 115 cm³/mol. The smallest absolute Gasteiger partial charge is 0.243 e. The van der Waals surface area contributed by atoms with Crippen molar-refractivity contribution in [3.05, 3.63) is 57.9 Å². The summed E-state index contributed by atoms with van der Waals surface area (Å²) >= 11 is 2.17. The van der Waals surface area contributed by atoms with Gasteiger partial charge in [-0.2, -0.15) is 4.31 Å². The number of benzene rings is 2. The van der Waals surface area contributed by atoms with Crippen LogP contribution in [-0.4, -0.2) is 31.2 Å². The quantitative estimate of drug-likeness (QED) is 0.580. The molecule has 0 bridgehead atoms. The molecule has 1 aliphatic carbocycles. The molecule has 0 spiro atoms. The average Bonchev–Trinajstić information content (AvgIpc) is 2.69. The molecule has 0 unspecified atom stereocenters. The highest BCUT2D eigenvalue weighted by molar-refractivity contribution is 14.1. The summed E-state index contributed by atoms with van der Waals surface area (Å²) in [6, 6.07) is 11.8. The average molecular weight is 516 g/mol. The Balaban J connectivity index is 1.83. The second-order valence-electron chi connectivity index (χ2n) is 6.85. The molecular weight excluding hydrogens is 494 g/mol. The number of nitrogens with one attached hydrogen (secondary N) is 1. The zero-order valence-corrected chi connectivity index (χ0v) is 18.2. The fourth-order valence-electron chi connectivity index (χ4n) is 3.40. The Kier molecular flexibility index (Phi) is 7.05. The number of carbonyl (C=O) groups is 1. The molecule has 0 saturated heterocycles. The highest BCUT2D eigenvalue weighted by Crippen LogP contribution is 2.28. The first-order chi connectivity index (χ1) is 13.4. The Hall–Kier alpha value is -1.52. The molecule has 2 aromatic carbocycles. The summed E-state index contributed by atoms with van der Waals surface area (Å²) in [4.78, 5) is 12.6. The molecule has 0 aromatic heterocycles. The second-order valence-corrected chi connectivity index (χ2v) is 9.99. The van der Waals surface area contributed by atoms with Gasteiger partial charge in [0.15, 0.2) is 0 Å². The summed E-state index contributed by atoms with van der Waals surface area (Å²) in [5.74, 6) is -0.892. The Morgan fingerprint density at radius 1 is 1.04 bits per heavy atom. The van der Waals surface area contributed by atoms with Crippen LogP contribution in [0.3, 0.4) is 0 Å². The van der Waals surface area contributed by atoms with Gasteiger partial charge in [-0.15, -0.1) is 0 Å². The lowest BCUT2D eigenvalue weighted by Crippen LogP contribution is -2.45. The molecule has 0 radical (unpaired) electrons. The van der Waals surface area contributed by atoms with Gasteiger partial charge in [-0.05, 0) is 84.0 Å². The molecule has 1 fully saturated rings. The van der Waals surface area contributed by atoms with Gasteiger partial charge >= 0.3 is 0 Å². The summed E-state index contributed by atoms with van der Waals surface area (Å²) in [5.41, 5.74) is 0.619. The van der Waals surface area contributed by atoms with Gasteiger partial charge in [0.1, 0.15) is 5.82 Å². The van der Waals surface area contributed by atoms with E-state index in [-0.39, 0.29) is 17.5 Å². The molecule has 1 amide bonds. The molecule has 0 heterocycles. The second kappa shape index (κ2) is 9.32. The highest BCUT2D eigenvalue weighted by Gasteiger charge is 2.34. The third-order valence-electron chi connectivity index (χ3n) is 4.83. The summed E-state index contributed by atoms with van der Waals surface area (Å²) in [6.45, 7) is -0.267. The number of amides is 1. The van der Waals surface area contributed by atoms with Crippen molar-refractivity contribution >= 4 is 44.2 Å². The van der Waals surface area contributed by atoms with E-state index in [1.54, 1.807) is 12.1 Å². The van der Waals surface area contributed by atoms with Crippen LogP contribution in [-0.2, 0) is 14.8 Å². The lowest BCUT2D eigenvalue weighted by atomic mass is 9.95. The number of hydrogen-bond acceptors (Lipinski definition) is 3. The van der Waals surface area contributed by atoms with Gasteiger partial charge in [0, 0.05) is 15.3 Å². The van der Waals surface area contributed by atoms with Crippen LogP contribution >= 0.6 is 22.6 Å². The van der Waals surface area contributed by atoms with Crippen LogP contribution in [0.25, 0.3) is 0 Å². The van der Waals surface area contributed by atoms with Gasteiger partial charge in [-0.1, -0.05) is 19.3 Å². The van der Waals surface area contributed by atoms with Crippen molar-refractivity contribution in [1.82, 2.24) is 4.31 Å². The molecule has 1 aliphatic rings. The van der Waals surface area contributed by atoms with Gasteiger partial charge in [0.25, 0.3) is 0 Å². The normalized spacial score (nSPS) is 15.5. The third kappa shape index (κ3) is 5.30. The summed E-state index contributed by atoms with van der Waals surface area (Å²) in [5, 5.41) is 2.76. The molecule has 1 N–H and O–H groups in total. The monoisotopic (exact) mass is 516 g/mol. The summed E-state index contributed by atoms with van der Waals surface area (Å²) in [6.07, 6.45) is 4.36. The van der Waals surface area contributed by atoms with Crippen LogP contribution < -0.4 is 5.32 Å². The fraction of sp³-hybridized carbons (Fsp3) is 0.350. The van der Waals surface area contributed by atoms with Crippen LogP contribution in [0.4, 0.5) is 10.1 Å². The van der Waals surface area contributed by atoms with Crippen LogP contribution in [0.5, 0.6) is 0 Å². The van der Waals surface area contributed by atoms with Crippen molar-refractivity contribution in [2.45, 2.75) is 43.0 Å². The van der Waals surface area contributed by atoms with Crippen LogP contribution in [0.1, 0.15) is 32.1 Å². The van der Waals surface area contributed by atoms with E-state index in [4.69, 9.17) is 0 Å². The Bertz CT molecular complexity index is 911. The lowest BCUT2D eigenvalue weighted by Gasteiger charge is -2.33. The van der Waals surface area contributed by atoms with Crippen LogP contribution in [0.2, 0.25) is 0 Å². The summed E-state index contributed by atoms with van der Waals surface area (Å²) in [7, 11) is -3.91. The highest BCUT2D eigenvalue weighted by atomic mass is 127. The zero-order chi connectivity index (χ0) is 20.1. The molecule has 8 heteroatoms. The first-order valence-corrected chi connectivity index (χ1v) is 11.7. The Labute approximate surface area is 178 Å². The van der Waals surface area contributed by atoms with Gasteiger partial charge < -0.3 is 5.32 Å². The van der Waals surface area contributed by atoms with Crippen molar-refractivity contribution in [2.24, 2.45) is 0 Å². The van der Waals surface area contributed by atoms with E-state index in [9.17, 15) is 17.6 Å². The van der Waals surface area contributed by atoms with Crippen molar-refractivity contribution in [3.8, 4) is 0 Å². The van der Waals surface area contributed by atoms with Crippen molar-refractivity contribution < 1.29 is 17.6 Å². The SMILES string of the molecule is O=C(CN(C1CCCCC1)S(=O)(=O)c1ccc(F)cc1)Nc1ccc(I)cc1. The van der Waals surface area contributed by atoms with Gasteiger partial charge in [0.2, 0.25) is 15.9 Å². The Morgan fingerprint density at radius 3 is 2.25 bits per heavy atom. The number of halogens is 2. The molecule has 3 rings (SSSR count). The van der Waals surface area contributed by atoms with Gasteiger partial charge in [0.05, 0.1) is 11.4 Å². The molecule has 0 aliphatic heterocycles. The van der Waals surface area contributed by atoms with E-state index in [0.29, 0.717) is 5.69 Å². The molecule has 1 saturated carbocycles. The Morgan fingerprint density at radius 2 is 1.64 bits per heavy atom. The van der Waals surface area contributed by atoms with Crippen LogP contribution in [0.15, 0.2) is 53.4 Å². The fourth-order valence-corrected chi connectivity index (χ4v) is 5.40. The van der Waals surface area contributed by atoms with Crippen molar-refractivity contribution in [3.63, 3.8) is 0 Å². The number of anilines is 1. The zero-order valence-electron chi connectivity index (χ0n) is 15.3. The van der Waals surface area contributed by atoms with Crippen LogP contribution in [0, 0.1) is 9.39 Å². The number of nitrogens with zero attached hydrogens (tertiary/aromatic N) is 1. The van der Waals surface area contributed by atoms with E-state index < -0.39 is 21.7 Å². The largest absolute Gasteiger partial charge is 0.325 e. The molecule has 5 nitrogen and oxygen atoms in total.